The normalized spacial score (nSPS) is 16.7. The third kappa shape index (κ3) is 2.47. The SMILES string of the molecule is Cc1ccncc1C(NN)c1ccc(C2CCC2)cc1. The van der Waals surface area contributed by atoms with E-state index >= 15 is 0 Å². The summed E-state index contributed by atoms with van der Waals surface area (Å²) in [4.78, 5) is 4.21. The molecule has 20 heavy (non-hydrogen) atoms. The van der Waals surface area contributed by atoms with Crippen molar-refractivity contribution in [1.82, 2.24) is 10.4 Å². The lowest BCUT2D eigenvalue weighted by molar-refractivity contribution is 0.419. The predicted molar refractivity (Wildman–Crippen MR) is 81.2 cm³/mol. The second-order valence-electron chi connectivity index (χ2n) is 5.63. The first-order chi connectivity index (χ1) is 9.79. The summed E-state index contributed by atoms with van der Waals surface area (Å²) in [5.41, 5.74) is 7.89. The number of aromatic nitrogens is 1. The molecule has 0 bridgehead atoms. The monoisotopic (exact) mass is 267 g/mol. The minimum atomic E-state index is -0.000796. The first kappa shape index (κ1) is 13.3. The standard InChI is InChI=1S/C17H21N3/c1-12-9-10-19-11-16(12)17(20-18)15-7-5-14(6-8-15)13-3-2-4-13/h5-11,13,17,20H,2-4,18H2,1H3. The zero-order valence-corrected chi connectivity index (χ0v) is 11.8. The van der Waals surface area contributed by atoms with Crippen molar-refractivity contribution >= 4 is 0 Å². The van der Waals surface area contributed by atoms with Gasteiger partial charge in [0.25, 0.3) is 0 Å². The van der Waals surface area contributed by atoms with Gasteiger partial charge >= 0.3 is 0 Å². The number of nitrogens with zero attached hydrogens (tertiary/aromatic N) is 1. The molecule has 1 heterocycles. The second-order valence-corrected chi connectivity index (χ2v) is 5.63. The summed E-state index contributed by atoms with van der Waals surface area (Å²) in [6, 6.07) is 10.9. The summed E-state index contributed by atoms with van der Waals surface area (Å²) in [6.45, 7) is 2.09. The highest BCUT2D eigenvalue weighted by Gasteiger charge is 2.20. The molecule has 1 saturated carbocycles. The highest BCUT2D eigenvalue weighted by Crippen LogP contribution is 2.36. The van der Waals surface area contributed by atoms with E-state index in [1.54, 1.807) is 0 Å². The molecule has 1 aliphatic carbocycles. The van der Waals surface area contributed by atoms with Gasteiger partial charge in [-0.1, -0.05) is 30.7 Å². The molecule has 0 spiro atoms. The summed E-state index contributed by atoms with van der Waals surface area (Å²) in [6.07, 6.45) is 7.74. The lowest BCUT2D eigenvalue weighted by Crippen LogP contribution is -2.29. The fourth-order valence-electron chi connectivity index (χ4n) is 2.85. The van der Waals surface area contributed by atoms with Crippen LogP contribution in [0, 0.1) is 6.92 Å². The Balaban J connectivity index is 1.87. The van der Waals surface area contributed by atoms with Gasteiger partial charge in [-0.2, -0.15) is 0 Å². The molecule has 2 aromatic rings. The molecule has 1 atom stereocenters. The number of nitrogens with one attached hydrogen (secondary N) is 1. The fraction of sp³-hybridized carbons (Fsp3) is 0.353. The van der Waals surface area contributed by atoms with E-state index in [1.165, 1.54) is 36.0 Å². The first-order valence-corrected chi connectivity index (χ1v) is 7.26. The number of hydrazine groups is 1. The molecule has 3 heteroatoms. The van der Waals surface area contributed by atoms with Crippen molar-refractivity contribution in [3.05, 3.63) is 65.0 Å². The Morgan fingerprint density at radius 2 is 1.95 bits per heavy atom. The second kappa shape index (κ2) is 5.73. The Morgan fingerprint density at radius 3 is 2.50 bits per heavy atom. The number of hydrogen-bond acceptors (Lipinski definition) is 3. The number of rotatable bonds is 4. The van der Waals surface area contributed by atoms with Crippen LogP contribution in [0.1, 0.15) is 53.5 Å². The van der Waals surface area contributed by atoms with Crippen molar-refractivity contribution in [1.29, 1.82) is 0 Å². The molecule has 3 nitrogen and oxygen atoms in total. The van der Waals surface area contributed by atoms with E-state index in [0.29, 0.717) is 0 Å². The van der Waals surface area contributed by atoms with Crippen molar-refractivity contribution in [3.8, 4) is 0 Å². The Hall–Kier alpha value is -1.71. The van der Waals surface area contributed by atoms with Gasteiger partial charge in [-0.25, -0.2) is 5.43 Å². The first-order valence-electron chi connectivity index (χ1n) is 7.26. The van der Waals surface area contributed by atoms with Crippen LogP contribution >= 0.6 is 0 Å². The van der Waals surface area contributed by atoms with E-state index in [-0.39, 0.29) is 6.04 Å². The summed E-state index contributed by atoms with van der Waals surface area (Å²) in [5.74, 6) is 6.53. The number of hydrogen-bond donors (Lipinski definition) is 2. The van der Waals surface area contributed by atoms with Crippen molar-refractivity contribution in [3.63, 3.8) is 0 Å². The Kier molecular flexibility index (Phi) is 3.81. The van der Waals surface area contributed by atoms with E-state index in [0.717, 1.165) is 11.5 Å². The van der Waals surface area contributed by atoms with E-state index in [9.17, 15) is 0 Å². The van der Waals surface area contributed by atoms with Crippen LogP contribution < -0.4 is 11.3 Å². The molecule has 104 valence electrons. The highest BCUT2D eigenvalue weighted by molar-refractivity contribution is 5.36. The van der Waals surface area contributed by atoms with Gasteiger partial charge < -0.3 is 0 Å². The van der Waals surface area contributed by atoms with E-state index in [1.807, 2.05) is 18.5 Å². The fourth-order valence-corrected chi connectivity index (χ4v) is 2.85. The zero-order valence-electron chi connectivity index (χ0n) is 11.8. The van der Waals surface area contributed by atoms with Gasteiger partial charge in [0.1, 0.15) is 0 Å². The molecule has 0 saturated heterocycles. The van der Waals surface area contributed by atoms with Crippen LogP contribution in [-0.2, 0) is 0 Å². The van der Waals surface area contributed by atoms with Gasteiger partial charge in [0, 0.05) is 12.4 Å². The van der Waals surface area contributed by atoms with Gasteiger partial charge in [-0.15, -0.1) is 0 Å². The molecule has 1 aromatic heterocycles. The predicted octanol–water partition coefficient (Wildman–Crippen LogP) is 3.21. The van der Waals surface area contributed by atoms with Gasteiger partial charge in [-0.3, -0.25) is 10.8 Å². The topological polar surface area (TPSA) is 50.9 Å². The maximum Gasteiger partial charge on any atom is 0.0727 e. The third-order valence-corrected chi connectivity index (χ3v) is 4.40. The Labute approximate surface area is 120 Å². The van der Waals surface area contributed by atoms with Gasteiger partial charge in [0.05, 0.1) is 6.04 Å². The van der Waals surface area contributed by atoms with E-state index in [4.69, 9.17) is 5.84 Å². The lowest BCUT2D eigenvalue weighted by Gasteiger charge is -2.26. The minimum Gasteiger partial charge on any atom is -0.271 e. The van der Waals surface area contributed by atoms with Crippen LogP contribution in [0.4, 0.5) is 0 Å². The summed E-state index contributed by atoms with van der Waals surface area (Å²) in [7, 11) is 0. The lowest BCUT2D eigenvalue weighted by atomic mass is 9.79. The smallest absolute Gasteiger partial charge is 0.0727 e. The van der Waals surface area contributed by atoms with Crippen LogP contribution in [0.5, 0.6) is 0 Å². The molecule has 0 aliphatic heterocycles. The zero-order chi connectivity index (χ0) is 13.9. The molecule has 3 rings (SSSR count). The van der Waals surface area contributed by atoms with Crippen LogP contribution in [-0.4, -0.2) is 4.98 Å². The van der Waals surface area contributed by atoms with Gasteiger partial charge in [0.2, 0.25) is 0 Å². The molecule has 1 aromatic carbocycles. The third-order valence-electron chi connectivity index (χ3n) is 4.40. The molecule has 0 radical (unpaired) electrons. The Morgan fingerprint density at radius 1 is 1.20 bits per heavy atom. The maximum atomic E-state index is 5.76. The summed E-state index contributed by atoms with van der Waals surface area (Å²) in [5, 5.41) is 0. The molecule has 1 aliphatic rings. The summed E-state index contributed by atoms with van der Waals surface area (Å²) >= 11 is 0. The number of nitrogens with two attached hydrogens (primary N) is 1. The molecule has 1 fully saturated rings. The van der Waals surface area contributed by atoms with E-state index < -0.39 is 0 Å². The van der Waals surface area contributed by atoms with Crippen LogP contribution in [0.25, 0.3) is 0 Å². The number of pyridine rings is 1. The van der Waals surface area contributed by atoms with E-state index in [2.05, 4.69) is 41.6 Å². The van der Waals surface area contributed by atoms with Crippen molar-refractivity contribution < 1.29 is 0 Å². The van der Waals surface area contributed by atoms with Crippen LogP contribution in [0.3, 0.4) is 0 Å². The maximum absolute atomic E-state index is 5.76. The average Bonchev–Trinajstić information content (AvgIpc) is 2.41. The molecule has 0 amide bonds. The van der Waals surface area contributed by atoms with Crippen molar-refractivity contribution in [2.24, 2.45) is 5.84 Å². The van der Waals surface area contributed by atoms with Crippen LogP contribution in [0.2, 0.25) is 0 Å². The van der Waals surface area contributed by atoms with Gasteiger partial charge in [-0.05, 0) is 54.0 Å². The van der Waals surface area contributed by atoms with Crippen LogP contribution in [0.15, 0.2) is 42.7 Å². The Bertz CT molecular complexity index is 573. The summed E-state index contributed by atoms with van der Waals surface area (Å²) < 4.78 is 0. The minimum absolute atomic E-state index is 0.000796. The molecule has 1 unspecified atom stereocenters. The molecular weight excluding hydrogens is 246 g/mol. The van der Waals surface area contributed by atoms with Gasteiger partial charge in [0.15, 0.2) is 0 Å². The number of aryl methyl sites for hydroxylation is 1. The quantitative estimate of drug-likeness (QED) is 0.660. The highest BCUT2D eigenvalue weighted by atomic mass is 15.2. The van der Waals surface area contributed by atoms with Crippen molar-refractivity contribution in [2.45, 2.75) is 38.1 Å². The number of benzene rings is 1. The molecular formula is C17H21N3. The van der Waals surface area contributed by atoms with Crippen molar-refractivity contribution in [2.75, 3.05) is 0 Å². The average molecular weight is 267 g/mol. The molecule has 3 N–H and O–H groups in total. The largest absolute Gasteiger partial charge is 0.271 e.